The van der Waals surface area contributed by atoms with Crippen LogP contribution in [0.15, 0.2) is 91.6 Å². The molecule has 3 N–H and O–H groups in total. The molecule has 0 spiro atoms. The summed E-state index contributed by atoms with van der Waals surface area (Å²) in [4.78, 5) is 79.1. The lowest BCUT2D eigenvalue weighted by atomic mass is 9.87. The van der Waals surface area contributed by atoms with Gasteiger partial charge in [-0.25, -0.2) is 19.4 Å². The number of rotatable bonds is 17. The van der Waals surface area contributed by atoms with E-state index in [9.17, 15) is 33.5 Å². The summed E-state index contributed by atoms with van der Waals surface area (Å²) in [5, 5.41) is 7.01. The predicted molar refractivity (Wildman–Crippen MR) is 229 cm³/mol. The molecule has 2 atom stereocenters. The van der Waals surface area contributed by atoms with Gasteiger partial charge in [0, 0.05) is 56.2 Å². The molecule has 2 aliphatic rings. The molecule has 4 amide bonds. The number of ketones is 1. The van der Waals surface area contributed by atoms with Crippen molar-refractivity contribution in [2.24, 2.45) is 5.41 Å². The van der Waals surface area contributed by atoms with E-state index in [-0.39, 0.29) is 67.9 Å². The smallest absolute Gasteiger partial charge is 0.404 e. The Morgan fingerprint density at radius 1 is 0.967 bits per heavy atom. The van der Waals surface area contributed by atoms with Crippen LogP contribution in [0, 0.1) is 5.41 Å². The molecule has 320 valence electrons. The highest BCUT2D eigenvalue weighted by Gasteiger charge is 2.51. The molecular formula is C45H57N6O8P. The first-order chi connectivity index (χ1) is 28.6. The van der Waals surface area contributed by atoms with Crippen LogP contribution in [-0.2, 0) is 40.2 Å². The average molecular weight is 841 g/mol. The molecule has 0 saturated carbocycles. The monoisotopic (exact) mass is 840 g/mol. The van der Waals surface area contributed by atoms with Crippen molar-refractivity contribution in [1.82, 2.24) is 29.7 Å². The molecule has 6 rings (SSSR count). The Labute approximate surface area is 352 Å². The number of urea groups is 1. The summed E-state index contributed by atoms with van der Waals surface area (Å²) < 4.78 is 18.4. The van der Waals surface area contributed by atoms with Crippen LogP contribution in [0.25, 0.3) is 10.9 Å². The number of nitrogens with zero attached hydrogens (tertiary/aromatic N) is 5. The minimum Gasteiger partial charge on any atom is -0.404 e. The summed E-state index contributed by atoms with van der Waals surface area (Å²) in [6.45, 7) is 13.3. The maximum absolute atomic E-state index is 14.9. The van der Waals surface area contributed by atoms with E-state index in [1.165, 1.54) is 22.0 Å². The van der Waals surface area contributed by atoms with Crippen molar-refractivity contribution in [3.63, 3.8) is 0 Å². The average Bonchev–Trinajstić information content (AvgIpc) is 3.57. The van der Waals surface area contributed by atoms with Crippen molar-refractivity contribution < 1.29 is 38.1 Å². The van der Waals surface area contributed by atoms with Gasteiger partial charge in [0.15, 0.2) is 5.78 Å². The van der Waals surface area contributed by atoms with Gasteiger partial charge < -0.3 is 24.2 Å². The third-order valence-corrected chi connectivity index (χ3v) is 11.3. The van der Waals surface area contributed by atoms with Crippen molar-refractivity contribution in [1.29, 1.82) is 0 Å². The second-order valence-corrected chi connectivity index (χ2v) is 18.0. The van der Waals surface area contributed by atoms with Crippen molar-refractivity contribution in [3.8, 4) is 5.75 Å². The number of piperazine rings is 1. The highest BCUT2D eigenvalue weighted by molar-refractivity contribution is 7.46. The molecule has 14 nitrogen and oxygen atoms in total. The molecule has 0 radical (unpaired) electrons. The Kier molecular flexibility index (Phi) is 14.0. The third-order valence-electron chi connectivity index (χ3n) is 10.8. The zero-order chi connectivity index (χ0) is 43.2. The largest absolute Gasteiger partial charge is 0.524 e. The highest BCUT2D eigenvalue weighted by atomic mass is 31.2. The van der Waals surface area contributed by atoms with E-state index >= 15 is 0 Å². The fourth-order valence-electron chi connectivity index (χ4n) is 8.20. The second-order valence-electron chi connectivity index (χ2n) is 16.8. The first-order valence-corrected chi connectivity index (χ1v) is 22.1. The number of phosphoric ester groups is 1. The molecule has 2 saturated heterocycles. The number of hydrogen-bond acceptors (Lipinski definition) is 7. The van der Waals surface area contributed by atoms with Crippen molar-refractivity contribution in [2.75, 3.05) is 19.6 Å². The molecule has 0 bridgehead atoms. The summed E-state index contributed by atoms with van der Waals surface area (Å²) in [5.74, 6) is -0.653. The number of amides is 4. The number of fused-ring (bicyclic) bond motifs is 2. The summed E-state index contributed by atoms with van der Waals surface area (Å²) in [6.07, 6.45) is 7.26. The van der Waals surface area contributed by atoms with Gasteiger partial charge in [0.25, 0.3) is 0 Å². The minimum absolute atomic E-state index is 0.00590. The van der Waals surface area contributed by atoms with Gasteiger partial charge in [-0.05, 0) is 40.7 Å². The van der Waals surface area contributed by atoms with E-state index in [1.807, 2.05) is 75.5 Å². The number of para-hydroxylation sites is 1. The van der Waals surface area contributed by atoms with E-state index < -0.39 is 26.1 Å². The second kappa shape index (κ2) is 19.0. The molecule has 4 aromatic rings. The lowest BCUT2D eigenvalue weighted by Crippen LogP contribution is -2.76. The minimum atomic E-state index is -4.80. The number of carbonyl (C=O) groups is 4. The van der Waals surface area contributed by atoms with E-state index in [2.05, 4.69) is 23.4 Å². The normalized spacial score (nSPS) is 17.5. The number of aryl methyl sites for hydroxylation is 1. The molecule has 15 heteroatoms. The van der Waals surface area contributed by atoms with Crippen LogP contribution in [-0.4, -0.2) is 89.6 Å². The quantitative estimate of drug-likeness (QED) is 0.0438. The van der Waals surface area contributed by atoms with Crippen LogP contribution in [0.2, 0.25) is 0 Å². The number of hydrogen-bond donors (Lipinski definition) is 3. The fourth-order valence-corrected chi connectivity index (χ4v) is 8.60. The van der Waals surface area contributed by atoms with Gasteiger partial charge in [-0.1, -0.05) is 114 Å². The first kappa shape index (κ1) is 44.3. The molecule has 2 fully saturated rings. The van der Waals surface area contributed by atoms with E-state index in [0.717, 1.165) is 47.7 Å². The van der Waals surface area contributed by atoms with Crippen LogP contribution >= 0.6 is 7.82 Å². The van der Waals surface area contributed by atoms with Gasteiger partial charge in [0.2, 0.25) is 11.8 Å². The van der Waals surface area contributed by atoms with E-state index in [0.29, 0.717) is 24.1 Å². The van der Waals surface area contributed by atoms with E-state index in [1.54, 1.807) is 28.1 Å². The predicted octanol–water partition coefficient (Wildman–Crippen LogP) is 7.05. The molecule has 0 aliphatic carbocycles. The molecule has 1 aromatic heterocycles. The number of unbranched alkanes of at least 4 members (excludes halogenated alkanes) is 3. The zero-order valence-electron chi connectivity index (χ0n) is 35.0. The lowest BCUT2D eigenvalue weighted by molar-refractivity contribution is -0.189. The Bertz CT molecular complexity index is 2230. The van der Waals surface area contributed by atoms with Gasteiger partial charge in [0.05, 0.1) is 18.6 Å². The van der Waals surface area contributed by atoms with Crippen molar-refractivity contribution >= 4 is 42.4 Å². The van der Waals surface area contributed by atoms with Gasteiger partial charge in [-0.2, -0.15) is 0 Å². The van der Waals surface area contributed by atoms with Gasteiger partial charge in [-0.3, -0.25) is 24.2 Å². The van der Waals surface area contributed by atoms with Gasteiger partial charge in [-0.15, -0.1) is 6.58 Å². The number of aromatic nitrogens is 1. The zero-order valence-corrected chi connectivity index (χ0v) is 35.9. The van der Waals surface area contributed by atoms with E-state index in [4.69, 9.17) is 4.52 Å². The summed E-state index contributed by atoms with van der Waals surface area (Å²) in [7, 11) is -4.80. The standard InChI is InChI=1S/C45H57N6O8P/c1-6-8-9-13-24-47-29-37(39(52)26-45(3,4)5)36-18-14-17-34(42(36)47)28-48-30-40-50(38(43(48)54)25-32-19-21-35(22-20-32)59-60(56,57)58)41(53)31-49(23-7-2)51(40)44(55)46-27-33-15-11-10-12-16-33/h7,10-12,14-22,29,38,40H,2,6,8-9,13,23-28,30-31H2,1,3-5H3,(H,46,55)(H2,56,57,58)/t38-,40-/m0/s1. The van der Waals surface area contributed by atoms with Crippen LogP contribution < -0.4 is 9.84 Å². The molecule has 0 unspecified atom stereocenters. The topological polar surface area (TPSA) is 165 Å². The van der Waals surface area contributed by atoms with Crippen LogP contribution in [0.3, 0.4) is 0 Å². The molecule has 3 aromatic carbocycles. The number of Topliss-reactive ketones (excluding diaryl/α,β-unsaturated/α-hetero) is 1. The maximum Gasteiger partial charge on any atom is 0.524 e. The number of benzene rings is 3. The van der Waals surface area contributed by atoms with Gasteiger partial charge >= 0.3 is 13.9 Å². The summed E-state index contributed by atoms with van der Waals surface area (Å²) in [5.41, 5.74) is 3.65. The SMILES string of the molecule is C=CCN1CC(=O)N2[C@@H](Cc3ccc(OP(=O)(O)O)cc3)C(=O)N(Cc3cccc4c(C(=O)CC(C)(C)C)cn(CCCCCC)c34)C[C@@H]2N1C(=O)NCc1ccccc1. The molecular weight excluding hydrogens is 784 g/mol. The third kappa shape index (κ3) is 10.7. The van der Waals surface area contributed by atoms with Crippen molar-refractivity contribution in [3.05, 3.63) is 114 Å². The number of hydrazine groups is 1. The summed E-state index contributed by atoms with van der Waals surface area (Å²) in [6, 6.07) is 19.8. The fraction of sp³-hybridized carbons (Fsp3) is 0.422. The van der Waals surface area contributed by atoms with Crippen molar-refractivity contribution in [2.45, 2.75) is 98.1 Å². The van der Waals surface area contributed by atoms with Crippen LogP contribution in [0.4, 0.5) is 4.79 Å². The number of carbonyl (C=O) groups excluding carboxylic acids is 4. The first-order valence-electron chi connectivity index (χ1n) is 20.6. The number of nitrogens with one attached hydrogen (secondary N) is 1. The Balaban J connectivity index is 1.41. The molecule has 2 aliphatic heterocycles. The lowest BCUT2D eigenvalue weighted by Gasteiger charge is -2.55. The maximum atomic E-state index is 14.9. The Morgan fingerprint density at radius 3 is 2.37 bits per heavy atom. The van der Waals surface area contributed by atoms with Crippen LogP contribution in [0.5, 0.6) is 5.75 Å². The summed E-state index contributed by atoms with van der Waals surface area (Å²) >= 11 is 0. The van der Waals surface area contributed by atoms with Crippen LogP contribution in [0.1, 0.15) is 86.8 Å². The molecule has 3 heterocycles. The Hall–Kier alpha value is -5.27. The molecule has 60 heavy (non-hydrogen) atoms. The Morgan fingerprint density at radius 2 is 1.70 bits per heavy atom. The number of phosphoric acid groups is 1. The highest BCUT2D eigenvalue weighted by Crippen LogP contribution is 2.38. The van der Waals surface area contributed by atoms with Gasteiger partial charge in [0.1, 0.15) is 18.0 Å².